The molecule has 5 heteroatoms. The summed E-state index contributed by atoms with van der Waals surface area (Å²) in [6, 6.07) is 0. The van der Waals surface area contributed by atoms with E-state index in [2.05, 4.69) is 20.8 Å². The van der Waals surface area contributed by atoms with Crippen LogP contribution in [0, 0.1) is 5.41 Å². The number of sulfonamides is 1. The quantitative estimate of drug-likeness (QED) is 0.729. The van der Waals surface area contributed by atoms with Crippen LogP contribution in [0.3, 0.4) is 0 Å². The third-order valence-electron chi connectivity index (χ3n) is 3.88. The maximum absolute atomic E-state index is 12.5. The number of hydrogen-bond donors (Lipinski definition) is 0. The van der Waals surface area contributed by atoms with Gasteiger partial charge in [-0.2, -0.15) is 4.31 Å². The van der Waals surface area contributed by atoms with Crippen molar-refractivity contribution in [2.75, 3.05) is 19.7 Å². The largest absolute Gasteiger partial charge is 0.377 e. The first-order valence-electron chi connectivity index (χ1n) is 8.05. The predicted molar refractivity (Wildman–Crippen MR) is 87.9 cm³/mol. The van der Waals surface area contributed by atoms with Crippen molar-refractivity contribution >= 4 is 10.0 Å². The van der Waals surface area contributed by atoms with E-state index in [4.69, 9.17) is 4.74 Å². The standard InChI is InChI=1S/C16H33NO3S/c1-15(2,3)10-8-12-20-14-9-7-11-17(13-14)21(18,19)16(4,5)6/h14H,7-13H2,1-6H3/t14-/m1/s1. The van der Waals surface area contributed by atoms with Crippen LogP contribution in [0.1, 0.15) is 67.2 Å². The highest BCUT2D eigenvalue weighted by atomic mass is 32.2. The van der Waals surface area contributed by atoms with E-state index >= 15 is 0 Å². The van der Waals surface area contributed by atoms with Crippen LogP contribution in [0.5, 0.6) is 0 Å². The van der Waals surface area contributed by atoms with Gasteiger partial charge in [-0.3, -0.25) is 0 Å². The van der Waals surface area contributed by atoms with Crippen LogP contribution in [-0.4, -0.2) is 43.3 Å². The lowest BCUT2D eigenvalue weighted by atomic mass is 9.91. The van der Waals surface area contributed by atoms with Crippen molar-refractivity contribution in [1.82, 2.24) is 4.31 Å². The zero-order chi connectivity index (χ0) is 16.3. The fraction of sp³-hybridized carbons (Fsp3) is 1.00. The Morgan fingerprint density at radius 3 is 2.29 bits per heavy atom. The molecule has 0 aliphatic carbocycles. The molecule has 21 heavy (non-hydrogen) atoms. The minimum atomic E-state index is -3.23. The van der Waals surface area contributed by atoms with Crippen LogP contribution in [0.25, 0.3) is 0 Å². The van der Waals surface area contributed by atoms with Gasteiger partial charge in [-0.25, -0.2) is 8.42 Å². The first-order valence-corrected chi connectivity index (χ1v) is 9.49. The van der Waals surface area contributed by atoms with Gasteiger partial charge in [0.1, 0.15) is 0 Å². The van der Waals surface area contributed by atoms with Gasteiger partial charge < -0.3 is 4.74 Å². The number of hydrogen-bond acceptors (Lipinski definition) is 3. The van der Waals surface area contributed by atoms with Gasteiger partial charge in [-0.15, -0.1) is 0 Å². The summed E-state index contributed by atoms with van der Waals surface area (Å²) in [6.07, 6.45) is 4.07. The monoisotopic (exact) mass is 319 g/mol. The van der Waals surface area contributed by atoms with Gasteiger partial charge in [-0.05, 0) is 51.9 Å². The molecule has 1 saturated heterocycles. The van der Waals surface area contributed by atoms with E-state index in [0.717, 1.165) is 32.3 Å². The normalized spacial score (nSPS) is 22.5. The Kier molecular flexibility index (Phi) is 6.28. The number of piperidine rings is 1. The molecule has 126 valence electrons. The molecule has 0 spiro atoms. The van der Waals surface area contributed by atoms with Gasteiger partial charge in [0.25, 0.3) is 0 Å². The van der Waals surface area contributed by atoms with Gasteiger partial charge in [-0.1, -0.05) is 20.8 Å². The molecule has 0 amide bonds. The first-order chi connectivity index (χ1) is 9.43. The summed E-state index contributed by atoms with van der Waals surface area (Å²) in [5.74, 6) is 0. The Labute approximate surface area is 131 Å². The topological polar surface area (TPSA) is 46.6 Å². The SMILES string of the molecule is CC(C)(C)CCCO[C@@H]1CCCN(S(=O)(=O)C(C)(C)C)C1. The zero-order valence-corrected chi connectivity index (χ0v) is 15.4. The van der Waals surface area contributed by atoms with Crippen molar-refractivity contribution < 1.29 is 13.2 Å². The summed E-state index contributed by atoms with van der Waals surface area (Å²) in [4.78, 5) is 0. The van der Waals surface area contributed by atoms with E-state index in [9.17, 15) is 8.42 Å². The molecular weight excluding hydrogens is 286 g/mol. The second-order valence-corrected chi connectivity index (χ2v) is 11.0. The van der Waals surface area contributed by atoms with E-state index in [1.165, 1.54) is 0 Å². The van der Waals surface area contributed by atoms with E-state index < -0.39 is 14.8 Å². The second kappa shape index (κ2) is 6.97. The Morgan fingerprint density at radius 1 is 1.14 bits per heavy atom. The molecule has 0 bridgehead atoms. The summed E-state index contributed by atoms with van der Waals surface area (Å²) < 4.78 is 31.8. The summed E-state index contributed by atoms with van der Waals surface area (Å²) in [5, 5.41) is 0. The molecule has 0 aromatic carbocycles. The molecule has 1 atom stereocenters. The Hall–Kier alpha value is -0.130. The molecule has 0 radical (unpaired) electrons. The van der Waals surface area contributed by atoms with E-state index in [0.29, 0.717) is 18.5 Å². The van der Waals surface area contributed by atoms with E-state index in [-0.39, 0.29) is 6.10 Å². The Morgan fingerprint density at radius 2 is 1.76 bits per heavy atom. The fourth-order valence-electron chi connectivity index (χ4n) is 2.50. The highest BCUT2D eigenvalue weighted by molar-refractivity contribution is 7.90. The van der Waals surface area contributed by atoms with E-state index in [1.807, 2.05) is 0 Å². The third kappa shape index (κ3) is 5.87. The van der Waals surface area contributed by atoms with Crippen molar-refractivity contribution in [1.29, 1.82) is 0 Å². The zero-order valence-electron chi connectivity index (χ0n) is 14.6. The van der Waals surface area contributed by atoms with Crippen molar-refractivity contribution in [2.45, 2.75) is 78.1 Å². The minimum absolute atomic E-state index is 0.0517. The molecule has 0 N–H and O–H groups in total. The van der Waals surface area contributed by atoms with Crippen molar-refractivity contribution in [2.24, 2.45) is 5.41 Å². The van der Waals surface area contributed by atoms with Gasteiger partial charge in [0.15, 0.2) is 0 Å². The van der Waals surface area contributed by atoms with Gasteiger partial charge >= 0.3 is 0 Å². The fourth-order valence-corrected chi connectivity index (χ4v) is 4.01. The van der Waals surface area contributed by atoms with E-state index in [1.54, 1.807) is 25.1 Å². The first kappa shape index (κ1) is 18.9. The summed E-state index contributed by atoms with van der Waals surface area (Å²) >= 11 is 0. The molecule has 0 aromatic rings. The third-order valence-corrected chi connectivity index (χ3v) is 6.44. The predicted octanol–water partition coefficient (Wildman–Crippen LogP) is 3.42. The minimum Gasteiger partial charge on any atom is -0.377 e. The van der Waals surface area contributed by atoms with Crippen LogP contribution in [-0.2, 0) is 14.8 Å². The van der Waals surface area contributed by atoms with Gasteiger partial charge in [0.05, 0.1) is 10.9 Å². The van der Waals surface area contributed by atoms with Crippen LogP contribution in [0.15, 0.2) is 0 Å². The van der Waals surface area contributed by atoms with Crippen LogP contribution in [0.2, 0.25) is 0 Å². The molecule has 0 saturated carbocycles. The lowest BCUT2D eigenvalue weighted by Crippen LogP contribution is -2.49. The average molecular weight is 320 g/mol. The smallest absolute Gasteiger partial charge is 0.219 e. The highest BCUT2D eigenvalue weighted by Gasteiger charge is 2.37. The molecular formula is C16H33NO3S. The van der Waals surface area contributed by atoms with Crippen molar-refractivity contribution in [3.8, 4) is 0 Å². The summed E-state index contributed by atoms with van der Waals surface area (Å²) in [6.45, 7) is 13.8. The molecule has 1 heterocycles. The maximum Gasteiger partial charge on any atom is 0.219 e. The van der Waals surface area contributed by atoms with Crippen molar-refractivity contribution in [3.05, 3.63) is 0 Å². The summed E-state index contributed by atoms with van der Waals surface area (Å²) in [7, 11) is -3.23. The number of rotatable bonds is 5. The lowest BCUT2D eigenvalue weighted by Gasteiger charge is -2.36. The van der Waals surface area contributed by atoms with Gasteiger partial charge in [0, 0.05) is 19.7 Å². The van der Waals surface area contributed by atoms with Crippen molar-refractivity contribution in [3.63, 3.8) is 0 Å². The highest BCUT2D eigenvalue weighted by Crippen LogP contribution is 2.25. The Bertz CT molecular complexity index is 418. The molecule has 4 nitrogen and oxygen atoms in total. The molecule has 1 aliphatic heterocycles. The molecule has 1 fully saturated rings. The second-order valence-electron chi connectivity index (χ2n) is 8.27. The molecule has 0 aromatic heterocycles. The molecule has 1 aliphatic rings. The molecule has 0 unspecified atom stereocenters. The number of ether oxygens (including phenoxy) is 1. The molecule has 1 rings (SSSR count). The van der Waals surface area contributed by atoms with Gasteiger partial charge in [0.2, 0.25) is 10.0 Å². The average Bonchev–Trinajstić information content (AvgIpc) is 2.32. The lowest BCUT2D eigenvalue weighted by molar-refractivity contribution is 0.0141. The number of nitrogens with zero attached hydrogens (tertiary/aromatic N) is 1. The maximum atomic E-state index is 12.5. The van der Waals surface area contributed by atoms with Crippen LogP contribution < -0.4 is 0 Å². The van der Waals surface area contributed by atoms with Crippen LogP contribution in [0.4, 0.5) is 0 Å². The summed E-state index contributed by atoms with van der Waals surface area (Å²) in [5.41, 5.74) is 0.331. The van der Waals surface area contributed by atoms with Crippen LogP contribution >= 0.6 is 0 Å². The Balaban J connectivity index is 2.47.